The molecule has 28 heavy (non-hydrogen) atoms. The number of aryl methyl sites for hydroxylation is 1. The van der Waals surface area contributed by atoms with Crippen LogP contribution in [-0.4, -0.2) is 23.5 Å². The third kappa shape index (κ3) is 7.34. The molecule has 0 radical (unpaired) electrons. The summed E-state index contributed by atoms with van der Waals surface area (Å²) in [4.78, 5) is 23.9. The predicted molar refractivity (Wildman–Crippen MR) is 114 cm³/mol. The van der Waals surface area contributed by atoms with E-state index in [1.54, 1.807) is 36.4 Å². The fraction of sp³-hybridized carbons (Fsp3) is 0.211. The molecule has 6 nitrogen and oxygen atoms in total. The van der Waals surface area contributed by atoms with Crippen LogP contribution in [0.15, 0.2) is 42.5 Å². The normalized spacial score (nSPS) is 10.1. The van der Waals surface area contributed by atoms with Gasteiger partial charge in [-0.3, -0.25) is 25.8 Å². The maximum atomic E-state index is 12.1. The second kappa shape index (κ2) is 10.8. The first-order valence-electron chi connectivity index (χ1n) is 8.40. The Kier molecular flexibility index (Phi) is 8.50. The molecule has 0 aliphatic carbocycles. The summed E-state index contributed by atoms with van der Waals surface area (Å²) >= 11 is 16.8. The zero-order valence-corrected chi connectivity index (χ0v) is 17.4. The molecule has 148 valence electrons. The molecule has 0 fully saturated rings. The van der Waals surface area contributed by atoms with Crippen LogP contribution in [0, 0.1) is 6.92 Å². The van der Waals surface area contributed by atoms with Crippen LogP contribution in [0.5, 0.6) is 5.75 Å². The fourth-order valence-electron chi connectivity index (χ4n) is 2.19. The lowest BCUT2D eigenvalue weighted by Crippen LogP contribution is -2.48. The largest absolute Gasteiger partial charge is 0.492 e. The minimum atomic E-state index is -0.358. The highest BCUT2D eigenvalue weighted by Crippen LogP contribution is 2.27. The van der Waals surface area contributed by atoms with Gasteiger partial charge in [-0.25, -0.2) is 0 Å². The standard InChI is InChI=1S/C19H19Cl2N3O3S/c1-12-4-2-5-13(10-12)18(26)22-19(28)24-23-17(25)6-3-9-27-16-8-7-14(20)11-15(16)21/h2,4-5,7-8,10-11H,3,6,9H2,1H3,(H,23,25)(H2,22,24,26,28). The van der Waals surface area contributed by atoms with Crippen LogP contribution in [0.1, 0.15) is 28.8 Å². The van der Waals surface area contributed by atoms with Crippen molar-refractivity contribution in [1.82, 2.24) is 16.2 Å². The quantitative estimate of drug-likeness (QED) is 0.362. The van der Waals surface area contributed by atoms with Gasteiger partial charge < -0.3 is 4.74 Å². The molecule has 0 saturated carbocycles. The van der Waals surface area contributed by atoms with Gasteiger partial charge >= 0.3 is 0 Å². The number of ether oxygens (including phenoxy) is 1. The lowest BCUT2D eigenvalue weighted by Gasteiger charge is -2.11. The molecule has 0 aliphatic heterocycles. The summed E-state index contributed by atoms with van der Waals surface area (Å²) in [7, 11) is 0. The van der Waals surface area contributed by atoms with Crippen molar-refractivity contribution in [3.63, 3.8) is 0 Å². The van der Waals surface area contributed by atoms with E-state index >= 15 is 0 Å². The van der Waals surface area contributed by atoms with E-state index in [9.17, 15) is 9.59 Å². The summed E-state index contributed by atoms with van der Waals surface area (Å²) in [5.74, 6) is -0.147. The first kappa shape index (κ1) is 21.9. The number of carbonyl (C=O) groups is 2. The van der Waals surface area contributed by atoms with E-state index in [1.807, 2.05) is 13.0 Å². The number of hydrogen-bond acceptors (Lipinski definition) is 4. The van der Waals surface area contributed by atoms with E-state index in [0.29, 0.717) is 34.4 Å². The van der Waals surface area contributed by atoms with E-state index in [0.717, 1.165) is 5.56 Å². The number of halogens is 2. The van der Waals surface area contributed by atoms with Crippen molar-refractivity contribution in [3.05, 3.63) is 63.6 Å². The number of amides is 2. The number of nitrogens with one attached hydrogen (secondary N) is 3. The van der Waals surface area contributed by atoms with Crippen LogP contribution >= 0.6 is 35.4 Å². The van der Waals surface area contributed by atoms with Gasteiger partial charge in [0.25, 0.3) is 5.91 Å². The van der Waals surface area contributed by atoms with E-state index in [2.05, 4.69) is 16.2 Å². The highest BCUT2D eigenvalue weighted by Gasteiger charge is 2.09. The first-order valence-corrected chi connectivity index (χ1v) is 9.56. The van der Waals surface area contributed by atoms with Crippen LogP contribution in [0.25, 0.3) is 0 Å². The van der Waals surface area contributed by atoms with Crippen LogP contribution in [0.2, 0.25) is 10.0 Å². The maximum absolute atomic E-state index is 12.1. The second-order valence-electron chi connectivity index (χ2n) is 5.85. The molecule has 2 aromatic rings. The molecule has 0 spiro atoms. The van der Waals surface area contributed by atoms with Crippen molar-refractivity contribution in [2.45, 2.75) is 19.8 Å². The van der Waals surface area contributed by atoms with Crippen LogP contribution in [0.4, 0.5) is 0 Å². The van der Waals surface area contributed by atoms with Gasteiger partial charge in [-0.1, -0.05) is 40.9 Å². The van der Waals surface area contributed by atoms with Gasteiger partial charge in [0.1, 0.15) is 5.75 Å². The van der Waals surface area contributed by atoms with E-state index in [4.69, 9.17) is 40.2 Å². The maximum Gasteiger partial charge on any atom is 0.257 e. The second-order valence-corrected chi connectivity index (χ2v) is 7.10. The Labute approximate surface area is 178 Å². The number of rotatable bonds is 6. The van der Waals surface area contributed by atoms with Crippen molar-refractivity contribution < 1.29 is 14.3 Å². The first-order chi connectivity index (χ1) is 13.3. The summed E-state index contributed by atoms with van der Waals surface area (Å²) < 4.78 is 5.51. The summed E-state index contributed by atoms with van der Waals surface area (Å²) in [6.45, 7) is 2.20. The van der Waals surface area contributed by atoms with Crippen LogP contribution in [-0.2, 0) is 4.79 Å². The van der Waals surface area contributed by atoms with Gasteiger partial charge in [-0.15, -0.1) is 0 Å². The summed E-state index contributed by atoms with van der Waals surface area (Å²) in [6.07, 6.45) is 0.668. The Morgan fingerprint density at radius 2 is 1.89 bits per heavy atom. The summed E-state index contributed by atoms with van der Waals surface area (Å²) in [5.41, 5.74) is 6.36. The topological polar surface area (TPSA) is 79.5 Å². The molecule has 2 aromatic carbocycles. The van der Waals surface area contributed by atoms with Crippen LogP contribution in [0.3, 0.4) is 0 Å². The average Bonchev–Trinajstić information content (AvgIpc) is 2.65. The van der Waals surface area contributed by atoms with E-state index < -0.39 is 0 Å². The Hall–Kier alpha value is -2.35. The van der Waals surface area contributed by atoms with Crippen molar-refractivity contribution in [2.24, 2.45) is 0 Å². The number of carbonyl (C=O) groups excluding carboxylic acids is 2. The van der Waals surface area contributed by atoms with Gasteiger partial charge in [0, 0.05) is 17.0 Å². The smallest absolute Gasteiger partial charge is 0.257 e. The Bertz CT molecular complexity index is 877. The highest BCUT2D eigenvalue weighted by molar-refractivity contribution is 7.80. The SMILES string of the molecule is Cc1cccc(C(=O)NC(=S)NNC(=O)CCCOc2ccc(Cl)cc2Cl)c1. The molecular weight excluding hydrogens is 421 g/mol. The minimum absolute atomic E-state index is 0.00375. The molecule has 3 N–H and O–H groups in total. The predicted octanol–water partition coefficient (Wildman–Crippen LogP) is 3.80. The molecule has 0 bridgehead atoms. The third-order valence-corrected chi connectivity index (χ3v) is 4.26. The lowest BCUT2D eigenvalue weighted by molar-refractivity contribution is -0.121. The molecule has 2 amide bonds. The van der Waals surface area contributed by atoms with Crippen molar-refractivity contribution in [1.29, 1.82) is 0 Å². The van der Waals surface area contributed by atoms with Crippen molar-refractivity contribution in [3.8, 4) is 5.75 Å². The minimum Gasteiger partial charge on any atom is -0.492 e. The van der Waals surface area contributed by atoms with E-state index in [-0.39, 0.29) is 23.3 Å². The van der Waals surface area contributed by atoms with Gasteiger partial charge in [-0.2, -0.15) is 0 Å². The molecule has 0 heterocycles. The molecule has 0 unspecified atom stereocenters. The van der Waals surface area contributed by atoms with Gasteiger partial charge in [0.2, 0.25) is 5.91 Å². The van der Waals surface area contributed by atoms with Gasteiger partial charge in [-0.05, 0) is 55.9 Å². The van der Waals surface area contributed by atoms with Gasteiger partial charge in [0.05, 0.1) is 11.6 Å². The Morgan fingerprint density at radius 3 is 2.61 bits per heavy atom. The fourth-order valence-corrected chi connectivity index (χ4v) is 2.80. The monoisotopic (exact) mass is 439 g/mol. The number of thiocarbonyl (C=S) groups is 1. The zero-order chi connectivity index (χ0) is 20.5. The highest BCUT2D eigenvalue weighted by atomic mass is 35.5. The Balaban J connectivity index is 1.65. The average molecular weight is 440 g/mol. The van der Waals surface area contributed by atoms with E-state index in [1.165, 1.54) is 0 Å². The van der Waals surface area contributed by atoms with Gasteiger partial charge in [0.15, 0.2) is 5.11 Å². The summed E-state index contributed by atoms with van der Waals surface area (Å²) in [6, 6.07) is 12.0. The zero-order valence-electron chi connectivity index (χ0n) is 15.1. The lowest BCUT2D eigenvalue weighted by atomic mass is 10.1. The Morgan fingerprint density at radius 1 is 1.11 bits per heavy atom. The summed E-state index contributed by atoms with van der Waals surface area (Å²) in [5, 5.41) is 3.43. The molecule has 0 aliphatic rings. The molecule has 0 aromatic heterocycles. The molecule has 9 heteroatoms. The van der Waals surface area contributed by atoms with Crippen molar-refractivity contribution in [2.75, 3.05) is 6.61 Å². The van der Waals surface area contributed by atoms with Crippen molar-refractivity contribution >= 4 is 52.3 Å². The molecule has 2 rings (SSSR count). The molecule has 0 saturated heterocycles. The molecular formula is C19H19Cl2N3O3S. The number of hydrazine groups is 1. The number of hydrogen-bond donors (Lipinski definition) is 3. The third-order valence-electron chi connectivity index (χ3n) is 3.52. The van der Waals surface area contributed by atoms with Crippen LogP contribution < -0.4 is 20.9 Å². The molecule has 0 atom stereocenters. The number of benzene rings is 2.